The van der Waals surface area contributed by atoms with E-state index in [1.165, 1.54) is 32.1 Å². The highest BCUT2D eigenvalue weighted by atomic mass is 79.9. The van der Waals surface area contributed by atoms with Gasteiger partial charge in [-0.15, -0.1) is 0 Å². The second-order valence-corrected chi connectivity index (χ2v) is 6.72. The third-order valence-corrected chi connectivity index (χ3v) is 4.81. The van der Waals surface area contributed by atoms with Gasteiger partial charge in [0.15, 0.2) is 0 Å². The Morgan fingerprint density at radius 1 is 1.20 bits per heavy atom. The second kappa shape index (κ2) is 8.68. The van der Waals surface area contributed by atoms with Gasteiger partial charge >= 0.3 is 0 Å². The molecule has 1 saturated carbocycles. The molecule has 0 bridgehead atoms. The van der Waals surface area contributed by atoms with Gasteiger partial charge in [0.25, 0.3) is 0 Å². The molecule has 0 saturated heterocycles. The Hall–Kier alpha value is -0.540. The van der Waals surface area contributed by atoms with Gasteiger partial charge in [-0.3, -0.25) is 0 Å². The molecule has 1 aliphatic carbocycles. The fourth-order valence-electron chi connectivity index (χ4n) is 2.95. The highest BCUT2D eigenvalue weighted by Crippen LogP contribution is 2.30. The maximum absolute atomic E-state index is 5.72. The molecule has 1 fully saturated rings. The second-order valence-electron chi connectivity index (χ2n) is 5.80. The van der Waals surface area contributed by atoms with E-state index in [2.05, 4.69) is 28.2 Å². The van der Waals surface area contributed by atoms with Gasteiger partial charge < -0.3 is 10.1 Å². The van der Waals surface area contributed by atoms with E-state index in [0.717, 1.165) is 41.8 Å². The summed E-state index contributed by atoms with van der Waals surface area (Å²) in [4.78, 5) is 0. The topological polar surface area (TPSA) is 21.3 Å². The first-order valence-corrected chi connectivity index (χ1v) is 8.66. The minimum atomic E-state index is 0.737. The molecule has 2 rings (SSSR count). The molecule has 1 N–H and O–H groups in total. The predicted octanol–water partition coefficient (Wildman–Crippen LogP) is 4.63. The molecule has 0 aliphatic heterocycles. The Morgan fingerprint density at radius 2 is 1.95 bits per heavy atom. The zero-order chi connectivity index (χ0) is 14.2. The van der Waals surface area contributed by atoms with E-state index in [4.69, 9.17) is 4.74 Å². The summed E-state index contributed by atoms with van der Waals surface area (Å²) in [5.41, 5.74) is 0. The van der Waals surface area contributed by atoms with Crippen molar-refractivity contribution in [2.45, 2.75) is 39.0 Å². The molecular weight excluding hydrogens is 314 g/mol. The number of hydrogen-bond acceptors (Lipinski definition) is 2. The normalized spacial score (nSPS) is 22.7. The van der Waals surface area contributed by atoms with Gasteiger partial charge in [-0.2, -0.15) is 0 Å². The average Bonchev–Trinajstić information content (AvgIpc) is 2.48. The average molecular weight is 340 g/mol. The van der Waals surface area contributed by atoms with Crippen molar-refractivity contribution in [1.29, 1.82) is 0 Å². The van der Waals surface area contributed by atoms with Gasteiger partial charge in [-0.05, 0) is 49.4 Å². The summed E-state index contributed by atoms with van der Waals surface area (Å²) in [6.45, 7) is 5.14. The minimum Gasteiger partial charge on any atom is -0.492 e. The minimum absolute atomic E-state index is 0.737. The number of hydrogen-bond donors (Lipinski definition) is 1. The Kier molecular flexibility index (Phi) is 6.88. The van der Waals surface area contributed by atoms with Gasteiger partial charge in [-0.25, -0.2) is 0 Å². The van der Waals surface area contributed by atoms with Crippen LogP contribution < -0.4 is 10.1 Å². The van der Waals surface area contributed by atoms with Gasteiger partial charge in [0.2, 0.25) is 0 Å². The van der Waals surface area contributed by atoms with Crippen molar-refractivity contribution in [2.24, 2.45) is 11.8 Å². The van der Waals surface area contributed by atoms with Crippen LogP contribution in [0.15, 0.2) is 28.7 Å². The van der Waals surface area contributed by atoms with E-state index < -0.39 is 0 Å². The Morgan fingerprint density at radius 3 is 2.65 bits per heavy atom. The molecule has 0 aromatic heterocycles. The lowest BCUT2D eigenvalue weighted by Crippen LogP contribution is -2.29. The highest BCUT2D eigenvalue weighted by Gasteiger charge is 2.19. The zero-order valence-corrected chi connectivity index (χ0v) is 14.0. The molecule has 2 nitrogen and oxygen atoms in total. The van der Waals surface area contributed by atoms with E-state index in [1.807, 2.05) is 24.3 Å². The summed E-state index contributed by atoms with van der Waals surface area (Å²) >= 11 is 3.45. The fourth-order valence-corrected chi connectivity index (χ4v) is 3.33. The lowest BCUT2D eigenvalue weighted by Gasteiger charge is -2.27. The van der Waals surface area contributed by atoms with Crippen LogP contribution in [-0.4, -0.2) is 19.7 Å². The summed E-state index contributed by atoms with van der Waals surface area (Å²) in [7, 11) is 0. The number of benzene rings is 1. The molecule has 0 amide bonds. The van der Waals surface area contributed by atoms with Crippen molar-refractivity contribution in [3.05, 3.63) is 28.7 Å². The summed E-state index contributed by atoms with van der Waals surface area (Å²) in [6, 6.07) is 8.01. The van der Waals surface area contributed by atoms with Crippen LogP contribution in [0.5, 0.6) is 5.75 Å². The summed E-state index contributed by atoms with van der Waals surface area (Å²) in [5, 5.41) is 3.54. The third kappa shape index (κ3) is 5.45. The number of ether oxygens (including phenoxy) is 1. The molecule has 1 aromatic rings. The standard InChI is InChI=1S/C17H26BrNO/c1-2-14-6-8-15(9-7-14)13-19-10-11-20-17-5-3-4-16(18)12-17/h3-5,12,14-15,19H,2,6-11,13H2,1H3. The van der Waals surface area contributed by atoms with Crippen molar-refractivity contribution in [3.63, 3.8) is 0 Å². The van der Waals surface area contributed by atoms with Crippen molar-refractivity contribution < 1.29 is 4.74 Å². The van der Waals surface area contributed by atoms with Crippen molar-refractivity contribution >= 4 is 15.9 Å². The smallest absolute Gasteiger partial charge is 0.120 e. The van der Waals surface area contributed by atoms with Crippen LogP contribution in [-0.2, 0) is 0 Å². The van der Waals surface area contributed by atoms with Crippen LogP contribution in [0.2, 0.25) is 0 Å². The summed E-state index contributed by atoms with van der Waals surface area (Å²) in [6.07, 6.45) is 7.02. The van der Waals surface area contributed by atoms with Crippen molar-refractivity contribution in [1.82, 2.24) is 5.32 Å². The first-order valence-electron chi connectivity index (χ1n) is 7.87. The monoisotopic (exact) mass is 339 g/mol. The maximum Gasteiger partial charge on any atom is 0.120 e. The quantitative estimate of drug-likeness (QED) is 0.731. The molecular formula is C17H26BrNO. The first-order chi connectivity index (χ1) is 9.78. The lowest BCUT2D eigenvalue weighted by atomic mass is 9.81. The van der Waals surface area contributed by atoms with Gasteiger partial charge in [-0.1, -0.05) is 48.2 Å². The maximum atomic E-state index is 5.72. The third-order valence-electron chi connectivity index (χ3n) is 4.32. The van der Waals surface area contributed by atoms with Crippen molar-refractivity contribution in [3.8, 4) is 5.75 Å². The molecule has 1 aliphatic rings. The van der Waals surface area contributed by atoms with E-state index in [1.54, 1.807) is 0 Å². The molecule has 20 heavy (non-hydrogen) atoms. The first kappa shape index (κ1) is 15.8. The highest BCUT2D eigenvalue weighted by molar-refractivity contribution is 9.10. The van der Waals surface area contributed by atoms with Crippen LogP contribution in [0.3, 0.4) is 0 Å². The van der Waals surface area contributed by atoms with Crippen LogP contribution in [0.25, 0.3) is 0 Å². The molecule has 0 atom stereocenters. The molecule has 112 valence electrons. The molecule has 1 aromatic carbocycles. The molecule has 0 heterocycles. The van der Waals surface area contributed by atoms with Gasteiger partial charge in [0.05, 0.1) is 0 Å². The van der Waals surface area contributed by atoms with Gasteiger partial charge in [0, 0.05) is 11.0 Å². The number of halogens is 1. The molecule has 0 spiro atoms. The fraction of sp³-hybridized carbons (Fsp3) is 0.647. The van der Waals surface area contributed by atoms with Crippen LogP contribution in [0, 0.1) is 11.8 Å². The summed E-state index contributed by atoms with van der Waals surface area (Å²) in [5.74, 6) is 2.81. The van der Waals surface area contributed by atoms with E-state index >= 15 is 0 Å². The Labute approximate surface area is 131 Å². The van der Waals surface area contributed by atoms with Crippen molar-refractivity contribution in [2.75, 3.05) is 19.7 Å². The predicted molar refractivity (Wildman–Crippen MR) is 88.2 cm³/mol. The Balaban J connectivity index is 1.54. The lowest BCUT2D eigenvalue weighted by molar-refractivity contribution is 0.254. The molecule has 3 heteroatoms. The SMILES string of the molecule is CCC1CCC(CNCCOc2cccc(Br)c2)CC1. The van der Waals surface area contributed by atoms with Crippen LogP contribution in [0.4, 0.5) is 0 Å². The van der Waals surface area contributed by atoms with Gasteiger partial charge in [0.1, 0.15) is 12.4 Å². The molecule has 0 radical (unpaired) electrons. The number of rotatable bonds is 7. The zero-order valence-electron chi connectivity index (χ0n) is 12.4. The van der Waals surface area contributed by atoms with Crippen LogP contribution >= 0.6 is 15.9 Å². The number of nitrogens with one attached hydrogen (secondary N) is 1. The summed E-state index contributed by atoms with van der Waals surface area (Å²) < 4.78 is 6.78. The van der Waals surface area contributed by atoms with E-state index in [-0.39, 0.29) is 0 Å². The van der Waals surface area contributed by atoms with Crippen LogP contribution in [0.1, 0.15) is 39.0 Å². The van der Waals surface area contributed by atoms with E-state index in [9.17, 15) is 0 Å². The Bertz CT molecular complexity index is 388. The largest absolute Gasteiger partial charge is 0.492 e. The molecule has 0 unspecified atom stereocenters. The van der Waals surface area contributed by atoms with E-state index in [0.29, 0.717) is 0 Å².